The lowest BCUT2D eigenvalue weighted by molar-refractivity contribution is -0.131. The molecule has 0 fully saturated rings. The molecule has 19 heavy (non-hydrogen) atoms. The average molecular weight is 273 g/mol. The number of hydrogen-bond acceptors (Lipinski definition) is 4. The molecule has 112 valence electrons. The van der Waals surface area contributed by atoms with Gasteiger partial charge in [0.1, 0.15) is 0 Å². The van der Waals surface area contributed by atoms with Crippen LogP contribution >= 0.6 is 0 Å². The van der Waals surface area contributed by atoms with Gasteiger partial charge in [0.15, 0.2) is 0 Å². The molecule has 0 rings (SSSR count). The van der Waals surface area contributed by atoms with Crippen LogP contribution < -0.4 is 16.4 Å². The lowest BCUT2D eigenvalue weighted by atomic mass is 9.81. The normalized spacial score (nSPS) is 11.2. The highest BCUT2D eigenvalue weighted by molar-refractivity contribution is 5.83. The van der Waals surface area contributed by atoms with E-state index in [1.54, 1.807) is 7.11 Å². The summed E-state index contributed by atoms with van der Waals surface area (Å²) in [7, 11) is 1.58. The summed E-state index contributed by atoms with van der Waals surface area (Å²) in [4.78, 5) is 23.5. The van der Waals surface area contributed by atoms with Gasteiger partial charge in [0.25, 0.3) is 0 Å². The predicted molar refractivity (Wildman–Crippen MR) is 74.6 cm³/mol. The molecule has 6 nitrogen and oxygen atoms in total. The Morgan fingerprint density at radius 2 is 1.79 bits per heavy atom. The van der Waals surface area contributed by atoms with Crippen molar-refractivity contribution in [3.63, 3.8) is 0 Å². The Morgan fingerprint density at radius 3 is 2.26 bits per heavy atom. The fourth-order valence-electron chi connectivity index (χ4n) is 1.81. The molecule has 2 amide bonds. The predicted octanol–water partition coefficient (Wildman–Crippen LogP) is 0.0204. The minimum atomic E-state index is -0.507. The van der Waals surface area contributed by atoms with Crippen LogP contribution in [0.3, 0.4) is 0 Å². The third-order valence-electron chi connectivity index (χ3n) is 3.49. The van der Waals surface area contributed by atoms with Crippen LogP contribution in [0.25, 0.3) is 0 Å². The Bertz CT molecular complexity index is 270. The van der Waals surface area contributed by atoms with Crippen molar-refractivity contribution in [3.8, 4) is 0 Å². The van der Waals surface area contributed by atoms with Crippen molar-refractivity contribution >= 4 is 11.8 Å². The van der Waals surface area contributed by atoms with Crippen molar-refractivity contribution in [2.75, 3.05) is 33.4 Å². The number of methoxy groups -OCH3 is 1. The van der Waals surface area contributed by atoms with E-state index in [9.17, 15) is 9.59 Å². The van der Waals surface area contributed by atoms with Crippen LogP contribution in [0.2, 0.25) is 0 Å². The van der Waals surface area contributed by atoms with Crippen LogP contribution in [-0.2, 0) is 14.3 Å². The van der Waals surface area contributed by atoms with Crippen molar-refractivity contribution < 1.29 is 14.3 Å². The summed E-state index contributed by atoms with van der Waals surface area (Å²) in [6.07, 6.45) is 1.67. The summed E-state index contributed by atoms with van der Waals surface area (Å²) in [5.41, 5.74) is 5.18. The SMILES string of the molecule is CCC(CC)(CN)C(=O)NCCC(=O)NCCOC. The van der Waals surface area contributed by atoms with Gasteiger partial charge in [0.2, 0.25) is 11.8 Å². The van der Waals surface area contributed by atoms with E-state index >= 15 is 0 Å². The van der Waals surface area contributed by atoms with Gasteiger partial charge in [-0.2, -0.15) is 0 Å². The largest absolute Gasteiger partial charge is 0.383 e. The number of nitrogens with one attached hydrogen (secondary N) is 2. The molecule has 0 bridgehead atoms. The van der Waals surface area contributed by atoms with E-state index in [0.717, 1.165) is 0 Å². The molecule has 0 radical (unpaired) electrons. The molecule has 0 unspecified atom stereocenters. The number of nitrogens with two attached hydrogens (primary N) is 1. The molecule has 0 aliphatic rings. The number of amides is 2. The molecule has 6 heteroatoms. The first-order valence-electron chi connectivity index (χ1n) is 6.80. The lowest BCUT2D eigenvalue weighted by Gasteiger charge is -2.28. The van der Waals surface area contributed by atoms with Crippen LogP contribution in [-0.4, -0.2) is 45.2 Å². The van der Waals surface area contributed by atoms with Crippen LogP contribution in [0.1, 0.15) is 33.1 Å². The summed E-state index contributed by atoms with van der Waals surface area (Å²) < 4.78 is 4.82. The quantitative estimate of drug-likeness (QED) is 0.489. The zero-order valence-corrected chi connectivity index (χ0v) is 12.3. The maximum atomic E-state index is 12.1. The smallest absolute Gasteiger partial charge is 0.227 e. The molecule has 0 saturated heterocycles. The minimum absolute atomic E-state index is 0.0651. The molecule has 0 heterocycles. The summed E-state index contributed by atoms with van der Waals surface area (Å²) in [6.45, 7) is 5.53. The second-order valence-electron chi connectivity index (χ2n) is 4.54. The van der Waals surface area contributed by atoms with Gasteiger partial charge in [-0.1, -0.05) is 13.8 Å². The van der Waals surface area contributed by atoms with Crippen LogP contribution in [0.4, 0.5) is 0 Å². The van der Waals surface area contributed by atoms with Gasteiger partial charge in [0.05, 0.1) is 12.0 Å². The van der Waals surface area contributed by atoms with Gasteiger partial charge >= 0.3 is 0 Å². The Hall–Kier alpha value is -1.14. The van der Waals surface area contributed by atoms with E-state index in [1.807, 2.05) is 13.8 Å². The highest BCUT2D eigenvalue weighted by atomic mass is 16.5. The first-order valence-corrected chi connectivity index (χ1v) is 6.80. The number of hydrogen-bond donors (Lipinski definition) is 3. The van der Waals surface area contributed by atoms with Gasteiger partial charge in [0, 0.05) is 33.2 Å². The second kappa shape index (κ2) is 9.75. The van der Waals surface area contributed by atoms with E-state index < -0.39 is 5.41 Å². The van der Waals surface area contributed by atoms with E-state index in [1.165, 1.54) is 0 Å². The molecule has 0 aliphatic carbocycles. The van der Waals surface area contributed by atoms with E-state index in [0.29, 0.717) is 39.1 Å². The maximum Gasteiger partial charge on any atom is 0.227 e. The Morgan fingerprint density at radius 1 is 1.16 bits per heavy atom. The summed E-state index contributed by atoms with van der Waals surface area (Å²) in [6, 6.07) is 0. The van der Waals surface area contributed by atoms with Gasteiger partial charge in [-0.05, 0) is 12.8 Å². The third-order valence-corrected chi connectivity index (χ3v) is 3.49. The highest BCUT2D eigenvalue weighted by Crippen LogP contribution is 2.24. The topological polar surface area (TPSA) is 93.5 Å². The Balaban J connectivity index is 3.99. The molecule has 0 aliphatic heterocycles. The van der Waals surface area contributed by atoms with Gasteiger partial charge in [-0.3, -0.25) is 9.59 Å². The zero-order valence-electron chi connectivity index (χ0n) is 12.3. The standard InChI is InChI=1S/C13H27N3O3/c1-4-13(5-2,10-14)12(18)16-7-6-11(17)15-8-9-19-3/h4-10,14H2,1-3H3,(H,15,17)(H,16,18). The highest BCUT2D eigenvalue weighted by Gasteiger charge is 2.32. The second-order valence-corrected chi connectivity index (χ2v) is 4.54. The molecular formula is C13H27N3O3. The summed E-state index contributed by atoms with van der Waals surface area (Å²) >= 11 is 0. The Labute approximate surface area is 115 Å². The van der Waals surface area contributed by atoms with Crippen LogP contribution in [0.5, 0.6) is 0 Å². The molecule has 4 N–H and O–H groups in total. The molecule has 0 saturated carbocycles. The van der Waals surface area contributed by atoms with E-state index in [2.05, 4.69) is 10.6 Å². The number of carbonyl (C=O) groups excluding carboxylic acids is 2. The maximum absolute atomic E-state index is 12.1. The zero-order chi connectivity index (χ0) is 14.7. The summed E-state index contributed by atoms with van der Waals surface area (Å²) in [5, 5.41) is 5.48. The molecule has 0 atom stereocenters. The number of carbonyl (C=O) groups is 2. The van der Waals surface area contributed by atoms with Crippen molar-refractivity contribution in [1.29, 1.82) is 0 Å². The van der Waals surface area contributed by atoms with Crippen molar-refractivity contribution in [2.45, 2.75) is 33.1 Å². The fraction of sp³-hybridized carbons (Fsp3) is 0.846. The molecule has 0 aromatic heterocycles. The van der Waals surface area contributed by atoms with Gasteiger partial charge in [-0.15, -0.1) is 0 Å². The van der Waals surface area contributed by atoms with E-state index in [-0.39, 0.29) is 18.2 Å². The van der Waals surface area contributed by atoms with Gasteiger partial charge < -0.3 is 21.1 Å². The molecule has 0 spiro atoms. The first-order chi connectivity index (χ1) is 9.06. The monoisotopic (exact) mass is 273 g/mol. The summed E-state index contributed by atoms with van der Waals surface area (Å²) in [5.74, 6) is -0.159. The van der Waals surface area contributed by atoms with Crippen LogP contribution in [0, 0.1) is 5.41 Å². The van der Waals surface area contributed by atoms with Gasteiger partial charge in [-0.25, -0.2) is 0 Å². The third kappa shape index (κ3) is 6.02. The fourth-order valence-corrected chi connectivity index (χ4v) is 1.81. The average Bonchev–Trinajstić information content (AvgIpc) is 2.42. The first kappa shape index (κ1) is 17.9. The number of rotatable bonds is 10. The van der Waals surface area contributed by atoms with Crippen molar-refractivity contribution in [1.82, 2.24) is 10.6 Å². The number of ether oxygens (including phenoxy) is 1. The van der Waals surface area contributed by atoms with Crippen molar-refractivity contribution in [2.24, 2.45) is 11.1 Å². The molecule has 0 aromatic rings. The van der Waals surface area contributed by atoms with Crippen LogP contribution in [0.15, 0.2) is 0 Å². The minimum Gasteiger partial charge on any atom is -0.383 e. The Kier molecular flexibility index (Phi) is 9.16. The lowest BCUT2D eigenvalue weighted by Crippen LogP contribution is -2.46. The van der Waals surface area contributed by atoms with Crippen molar-refractivity contribution in [3.05, 3.63) is 0 Å². The molecule has 0 aromatic carbocycles. The molecular weight excluding hydrogens is 246 g/mol. The van der Waals surface area contributed by atoms with E-state index in [4.69, 9.17) is 10.5 Å².